The molecule has 34 heavy (non-hydrogen) atoms. The Hall–Kier alpha value is -3.76. The summed E-state index contributed by atoms with van der Waals surface area (Å²) in [5.74, 6) is -0.920. The third kappa shape index (κ3) is 4.78. The van der Waals surface area contributed by atoms with Crippen LogP contribution in [-0.4, -0.2) is 37.2 Å². The Balaban J connectivity index is 1.58. The van der Waals surface area contributed by atoms with Crippen molar-refractivity contribution in [3.8, 4) is 11.3 Å². The van der Waals surface area contributed by atoms with Crippen LogP contribution in [-0.2, 0) is 16.0 Å². The van der Waals surface area contributed by atoms with Gasteiger partial charge in [-0.3, -0.25) is 19.8 Å². The second kappa shape index (κ2) is 9.62. The highest BCUT2D eigenvalue weighted by Gasteiger charge is 2.40. The molecule has 1 fully saturated rings. The maximum atomic E-state index is 13.1. The van der Waals surface area contributed by atoms with E-state index in [4.69, 9.17) is 16.6 Å². The zero-order valence-corrected chi connectivity index (χ0v) is 19.5. The zero-order valence-electron chi connectivity index (χ0n) is 17.8. The molecule has 1 aliphatic rings. The normalized spacial score (nSPS) is 15.7. The third-order valence-corrected chi connectivity index (χ3v) is 6.61. The number of aryl methyl sites for hydroxylation is 1. The van der Waals surface area contributed by atoms with E-state index in [2.05, 4.69) is 0 Å². The van der Waals surface area contributed by atoms with Gasteiger partial charge in [-0.2, -0.15) is 0 Å². The molecule has 1 saturated heterocycles. The van der Waals surface area contributed by atoms with Gasteiger partial charge in [0, 0.05) is 29.7 Å². The summed E-state index contributed by atoms with van der Waals surface area (Å²) >= 11 is 6.33. The zero-order chi connectivity index (χ0) is 24.4. The van der Waals surface area contributed by atoms with Gasteiger partial charge in [-0.25, -0.2) is 4.79 Å². The Bertz CT molecular complexity index is 1330. The van der Waals surface area contributed by atoms with E-state index in [0.29, 0.717) is 22.6 Å². The predicted octanol–water partition coefficient (Wildman–Crippen LogP) is 5.06. The van der Waals surface area contributed by atoms with Crippen LogP contribution in [0.25, 0.3) is 17.4 Å². The average Bonchev–Trinajstić information content (AvgIpc) is 3.37. The summed E-state index contributed by atoms with van der Waals surface area (Å²) in [5.41, 5.74) is 1.82. The van der Waals surface area contributed by atoms with E-state index in [1.165, 1.54) is 12.1 Å². The number of amides is 1. The van der Waals surface area contributed by atoms with Crippen LogP contribution >= 0.6 is 24.0 Å². The minimum absolute atomic E-state index is 0.0190. The Labute approximate surface area is 204 Å². The van der Waals surface area contributed by atoms with Crippen LogP contribution in [0.3, 0.4) is 0 Å². The molecule has 10 heteroatoms. The van der Waals surface area contributed by atoms with Gasteiger partial charge in [-0.1, -0.05) is 66.4 Å². The van der Waals surface area contributed by atoms with Gasteiger partial charge in [0.1, 0.15) is 21.9 Å². The first-order valence-electron chi connectivity index (χ1n) is 10.1. The summed E-state index contributed by atoms with van der Waals surface area (Å²) in [4.78, 5) is 37.1. The van der Waals surface area contributed by atoms with Crippen LogP contribution < -0.4 is 0 Å². The summed E-state index contributed by atoms with van der Waals surface area (Å²) in [6, 6.07) is 15.9. The number of carbonyl (C=O) groups is 2. The van der Waals surface area contributed by atoms with Crippen LogP contribution in [0.2, 0.25) is 0 Å². The average molecular weight is 495 g/mol. The molecule has 2 aromatic carbocycles. The molecular weight excluding hydrogens is 476 g/mol. The van der Waals surface area contributed by atoms with E-state index in [9.17, 15) is 24.8 Å². The highest BCUT2D eigenvalue weighted by molar-refractivity contribution is 8.26. The molecule has 1 N–H and O–H groups in total. The van der Waals surface area contributed by atoms with Gasteiger partial charge in [0.15, 0.2) is 0 Å². The minimum atomic E-state index is -1.15. The lowest BCUT2D eigenvalue weighted by Crippen LogP contribution is -2.45. The lowest BCUT2D eigenvalue weighted by Gasteiger charge is -2.23. The van der Waals surface area contributed by atoms with E-state index < -0.39 is 22.8 Å². The lowest BCUT2D eigenvalue weighted by atomic mass is 10.0. The largest absolute Gasteiger partial charge is 0.480 e. The van der Waals surface area contributed by atoms with Crippen LogP contribution in [0, 0.1) is 17.0 Å². The Morgan fingerprint density at radius 2 is 1.97 bits per heavy atom. The second-order valence-corrected chi connectivity index (χ2v) is 9.23. The molecule has 0 saturated carbocycles. The molecule has 1 unspecified atom stereocenters. The standard InChI is InChI=1S/C24H18N2O6S2/c1-14-7-8-16(12-18(14)26(30)31)20-10-9-17(32-20)13-21-22(27)25(24(33)34-21)19(23(28)29)11-15-5-3-2-4-6-15/h2-10,12-13,19H,11H2,1H3,(H,28,29)/b21-13+. The molecule has 1 amide bonds. The van der Waals surface area contributed by atoms with Crippen LogP contribution in [0.5, 0.6) is 0 Å². The number of thiocarbonyl (C=S) groups is 1. The van der Waals surface area contributed by atoms with Gasteiger partial charge in [0.2, 0.25) is 0 Å². The number of thioether (sulfide) groups is 1. The van der Waals surface area contributed by atoms with Crippen molar-refractivity contribution >= 4 is 51.9 Å². The molecule has 8 nitrogen and oxygen atoms in total. The number of carboxylic acids is 1. The van der Waals surface area contributed by atoms with Crippen molar-refractivity contribution in [2.24, 2.45) is 0 Å². The highest BCUT2D eigenvalue weighted by Crippen LogP contribution is 2.36. The second-order valence-electron chi connectivity index (χ2n) is 7.56. The number of aliphatic carboxylic acids is 1. The number of rotatable bonds is 7. The van der Waals surface area contributed by atoms with Gasteiger partial charge in [0.05, 0.1) is 9.83 Å². The minimum Gasteiger partial charge on any atom is -0.480 e. The number of nitro benzene ring substituents is 1. The lowest BCUT2D eigenvalue weighted by molar-refractivity contribution is -0.385. The van der Waals surface area contributed by atoms with Crippen molar-refractivity contribution in [1.82, 2.24) is 4.90 Å². The van der Waals surface area contributed by atoms with E-state index >= 15 is 0 Å². The predicted molar refractivity (Wildman–Crippen MR) is 132 cm³/mol. The molecule has 0 spiro atoms. The van der Waals surface area contributed by atoms with E-state index in [0.717, 1.165) is 22.2 Å². The molecule has 172 valence electrons. The van der Waals surface area contributed by atoms with E-state index in [1.54, 1.807) is 55.5 Å². The van der Waals surface area contributed by atoms with Crippen molar-refractivity contribution in [3.05, 3.63) is 92.6 Å². The Kier molecular flexibility index (Phi) is 6.62. The number of hydrogen-bond donors (Lipinski definition) is 1. The SMILES string of the molecule is Cc1ccc(-c2ccc(/C=C3/SC(=S)N(C(Cc4ccccc4)C(=O)O)C3=O)o2)cc1[N+](=O)[O-]. The van der Waals surface area contributed by atoms with Gasteiger partial charge in [-0.05, 0) is 24.6 Å². The molecule has 0 aliphatic carbocycles. The molecule has 3 aromatic rings. The van der Waals surface area contributed by atoms with Gasteiger partial charge in [-0.15, -0.1) is 0 Å². The van der Waals surface area contributed by atoms with E-state index in [-0.39, 0.29) is 21.3 Å². The summed E-state index contributed by atoms with van der Waals surface area (Å²) in [5, 5.41) is 21.0. The quantitative estimate of drug-likeness (QED) is 0.210. The molecule has 0 bridgehead atoms. The summed E-state index contributed by atoms with van der Waals surface area (Å²) in [6.07, 6.45) is 1.61. The number of benzene rings is 2. The number of carboxylic acid groups (broad SMARTS) is 1. The third-order valence-electron chi connectivity index (χ3n) is 5.28. The molecule has 4 rings (SSSR count). The number of nitro groups is 1. The molecule has 2 heterocycles. The number of furan rings is 1. The number of carbonyl (C=O) groups excluding carboxylic acids is 1. The van der Waals surface area contributed by atoms with Crippen molar-refractivity contribution in [2.45, 2.75) is 19.4 Å². The van der Waals surface area contributed by atoms with Gasteiger partial charge < -0.3 is 9.52 Å². The summed E-state index contributed by atoms with van der Waals surface area (Å²) in [6.45, 7) is 1.65. The Morgan fingerprint density at radius 3 is 2.65 bits per heavy atom. The molecule has 1 atom stereocenters. The van der Waals surface area contributed by atoms with Crippen LogP contribution in [0.4, 0.5) is 5.69 Å². The van der Waals surface area contributed by atoms with Crippen molar-refractivity contribution in [1.29, 1.82) is 0 Å². The fraction of sp³-hybridized carbons (Fsp3) is 0.125. The molecule has 1 aliphatic heterocycles. The number of hydrogen-bond acceptors (Lipinski definition) is 7. The van der Waals surface area contributed by atoms with Gasteiger partial charge >= 0.3 is 5.97 Å². The van der Waals surface area contributed by atoms with Crippen molar-refractivity contribution in [3.63, 3.8) is 0 Å². The Morgan fingerprint density at radius 1 is 1.24 bits per heavy atom. The summed E-state index contributed by atoms with van der Waals surface area (Å²) < 4.78 is 5.94. The van der Waals surface area contributed by atoms with Crippen LogP contribution in [0.15, 0.2) is 70.0 Å². The molecule has 1 aromatic heterocycles. The van der Waals surface area contributed by atoms with Crippen molar-refractivity contribution in [2.75, 3.05) is 0 Å². The fourth-order valence-electron chi connectivity index (χ4n) is 3.55. The highest BCUT2D eigenvalue weighted by atomic mass is 32.2. The van der Waals surface area contributed by atoms with E-state index in [1.807, 2.05) is 6.07 Å². The molecular formula is C24H18N2O6S2. The molecule has 0 radical (unpaired) electrons. The first kappa shape index (κ1) is 23.4. The summed E-state index contributed by atoms with van der Waals surface area (Å²) in [7, 11) is 0. The first-order chi connectivity index (χ1) is 16.2. The van der Waals surface area contributed by atoms with Crippen molar-refractivity contribution < 1.29 is 24.0 Å². The van der Waals surface area contributed by atoms with Crippen LogP contribution in [0.1, 0.15) is 16.9 Å². The maximum absolute atomic E-state index is 13.1. The first-order valence-corrected chi connectivity index (χ1v) is 11.4. The maximum Gasteiger partial charge on any atom is 0.327 e. The topological polar surface area (TPSA) is 114 Å². The smallest absolute Gasteiger partial charge is 0.327 e. The monoisotopic (exact) mass is 494 g/mol. The van der Waals surface area contributed by atoms with Gasteiger partial charge in [0.25, 0.3) is 11.6 Å². The number of nitrogens with zero attached hydrogens (tertiary/aromatic N) is 2. The fourth-order valence-corrected chi connectivity index (χ4v) is 4.89.